The summed E-state index contributed by atoms with van der Waals surface area (Å²) in [6.07, 6.45) is 4.47. The lowest BCUT2D eigenvalue weighted by molar-refractivity contribution is 0.0520. The maximum Gasteiger partial charge on any atom is 0.408 e. The second-order valence-electron chi connectivity index (χ2n) is 4.89. The van der Waals surface area contributed by atoms with Crippen LogP contribution in [0.3, 0.4) is 0 Å². The van der Waals surface area contributed by atoms with Crippen molar-refractivity contribution in [2.24, 2.45) is 0 Å². The average molecular weight is 282 g/mol. The molecule has 104 valence electrons. The lowest BCUT2D eigenvalue weighted by Crippen LogP contribution is -2.35. The molecule has 0 saturated carbocycles. The van der Waals surface area contributed by atoms with Crippen LogP contribution < -0.4 is 5.32 Å². The Bertz CT molecular complexity index is 469. The second kappa shape index (κ2) is 6.56. The number of hydrogen-bond donors (Lipinski definition) is 1. The molecule has 5 nitrogen and oxygen atoms in total. The summed E-state index contributed by atoms with van der Waals surface area (Å²) in [5.74, 6) is -0.200. The molecule has 0 unspecified atom stereocenters. The molecule has 1 amide bonds. The van der Waals surface area contributed by atoms with Gasteiger partial charge >= 0.3 is 6.09 Å². The number of carbonyl (C=O) groups is 2. The fourth-order valence-electron chi connectivity index (χ4n) is 1.25. The SMILES string of the molecule is CSc1cncc(C(=O)CNC(=O)OC(C)(C)C)c1. The Balaban J connectivity index is 2.53. The molecule has 6 heteroatoms. The molecule has 0 radical (unpaired) electrons. The van der Waals surface area contributed by atoms with Gasteiger partial charge in [-0.2, -0.15) is 0 Å². The third-order valence-corrected chi connectivity index (χ3v) is 2.76. The number of ether oxygens (including phenoxy) is 1. The van der Waals surface area contributed by atoms with Crippen molar-refractivity contribution >= 4 is 23.6 Å². The van der Waals surface area contributed by atoms with Gasteiger partial charge in [-0.3, -0.25) is 9.78 Å². The highest BCUT2D eigenvalue weighted by Crippen LogP contribution is 2.14. The first kappa shape index (κ1) is 15.5. The molecule has 0 atom stereocenters. The van der Waals surface area contributed by atoms with E-state index in [9.17, 15) is 9.59 Å². The van der Waals surface area contributed by atoms with Gasteiger partial charge in [0.2, 0.25) is 0 Å². The lowest BCUT2D eigenvalue weighted by atomic mass is 10.2. The molecule has 1 rings (SSSR count). The standard InChI is InChI=1S/C13H18N2O3S/c1-13(2,3)18-12(17)15-8-11(16)9-5-10(19-4)7-14-6-9/h5-7H,8H2,1-4H3,(H,15,17). The Morgan fingerprint density at radius 2 is 2.05 bits per heavy atom. The molecule has 1 aromatic rings. The Labute approximate surface area is 117 Å². The molecule has 1 heterocycles. The molecule has 0 aliphatic rings. The van der Waals surface area contributed by atoms with E-state index in [2.05, 4.69) is 10.3 Å². The van der Waals surface area contributed by atoms with Gasteiger partial charge in [0.25, 0.3) is 0 Å². The van der Waals surface area contributed by atoms with Crippen LogP contribution in [-0.4, -0.2) is 35.3 Å². The van der Waals surface area contributed by atoms with Crippen molar-refractivity contribution in [3.8, 4) is 0 Å². The van der Waals surface area contributed by atoms with Crippen LogP contribution in [0.25, 0.3) is 0 Å². The van der Waals surface area contributed by atoms with Crippen LogP contribution in [0.2, 0.25) is 0 Å². The molecule has 1 aromatic heterocycles. The Kier molecular flexibility index (Phi) is 5.35. The molecule has 0 saturated heterocycles. The summed E-state index contributed by atoms with van der Waals surface area (Å²) < 4.78 is 5.05. The molecule has 1 N–H and O–H groups in total. The van der Waals surface area contributed by atoms with Gasteiger partial charge in [0.15, 0.2) is 5.78 Å². The van der Waals surface area contributed by atoms with E-state index < -0.39 is 11.7 Å². The summed E-state index contributed by atoms with van der Waals surface area (Å²) in [6, 6.07) is 1.75. The number of Topliss-reactive ketones (excluding diaryl/α,β-unsaturated/α-hetero) is 1. The number of hydrogen-bond acceptors (Lipinski definition) is 5. The molecule has 0 spiro atoms. The van der Waals surface area contributed by atoms with E-state index in [1.54, 1.807) is 33.0 Å². The van der Waals surface area contributed by atoms with E-state index in [0.29, 0.717) is 5.56 Å². The quantitative estimate of drug-likeness (QED) is 0.679. The van der Waals surface area contributed by atoms with Crippen LogP contribution in [0.1, 0.15) is 31.1 Å². The minimum Gasteiger partial charge on any atom is -0.444 e. The summed E-state index contributed by atoms with van der Waals surface area (Å²) in [4.78, 5) is 28.2. The summed E-state index contributed by atoms with van der Waals surface area (Å²) in [6.45, 7) is 5.19. The smallest absolute Gasteiger partial charge is 0.408 e. The van der Waals surface area contributed by atoms with E-state index in [1.807, 2.05) is 6.26 Å². The van der Waals surface area contributed by atoms with E-state index >= 15 is 0 Å². The maximum atomic E-state index is 11.9. The highest BCUT2D eigenvalue weighted by atomic mass is 32.2. The number of nitrogens with zero attached hydrogens (tertiary/aromatic N) is 1. The van der Waals surface area contributed by atoms with Crippen LogP contribution in [0.4, 0.5) is 4.79 Å². The molecule has 0 bridgehead atoms. The number of rotatable bonds is 4. The van der Waals surface area contributed by atoms with E-state index in [0.717, 1.165) is 4.90 Å². The molecule has 19 heavy (non-hydrogen) atoms. The van der Waals surface area contributed by atoms with Gasteiger partial charge in [0, 0.05) is 22.9 Å². The molecule has 0 fully saturated rings. The predicted molar refractivity (Wildman–Crippen MR) is 74.6 cm³/mol. The Morgan fingerprint density at radius 3 is 2.63 bits per heavy atom. The average Bonchev–Trinajstić information content (AvgIpc) is 2.34. The number of thioether (sulfide) groups is 1. The fourth-order valence-corrected chi connectivity index (χ4v) is 1.66. The predicted octanol–water partition coefficient (Wildman–Crippen LogP) is 2.51. The van der Waals surface area contributed by atoms with Crippen LogP contribution in [-0.2, 0) is 4.74 Å². The monoisotopic (exact) mass is 282 g/mol. The summed E-state index contributed by atoms with van der Waals surface area (Å²) in [7, 11) is 0. The van der Waals surface area contributed by atoms with Crippen molar-refractivity contribution in [1.82, 2.24) is 10.3 Å². The topological polar surface area (TPSA) is 68.3 Å². The third kappa shape index (κ3) is 5.74. The highest BCUT2D eigenvalue weighted by molar-refractivity contribution is 7.98. The van der Waals surface area contributed by atoms with E-state index in [4.69, 9.17) is 4.74 Å². The Hall–Kier alpha value is -1.56. The lowest BCUT2D eigenvalue weighted by Gasteiger charge is -2.19. The zero-order valence-electron chi connectivity index (χ0n) is 11.5. The minimum absolute atomic E-state index is 0.103. The van der Waals surface area contributed by atoms with Gasteiger partial charge < -0.3 is 10.1 Å². The largest absolute Gasteiger partial charge is 0.444 e. The van der Waals surface area contributed by atoms with Gasteiger partial charge in [-0.25, -0.2) is 4.79 Å². The first-order valence-electron chi connectivity index (χ1n) is 5.81. The molecule has 0 aliphatic carbocycles. The number of amides is 1. The molecule has 0 aromatic carbocycles. The van der Waals surface area contributed by atoms with Crippen molar-refractivity contribution in [2.75, 3.05) is 12.8 Å². The number of ketones is 1. The van der Waals surface area contributed by atoms with Crippen molar-refractivity contribution in [3.63, 3.8) is 0 Å². The van der Waals surface area contributed by atoms with Crippen molar-refractivity contribution in [1.29, 1.82) is 0 Å². The summed E-state index contributed by atoms with van der Waals surface area (Å²) in [5, 5.41) is 2.43. The number of aromatic nitrogens is 1. The Morgan fingerprint density at radius 1 is 1.37 bits per heavy atom. The van der Waals surface area contributed by atoms with Crippen molar-refractivity contribution < 1.29 is 14.3 Å². The zero-order valence-corrected chi connectivity index (χ0v) is 12.3. The summed E-state index contributed by atoms with van der Waals surface area (Å²) in [5.41, 5.74) is -0.101. The molecular weight excluding hydrogens is 264 g/mol. The van der Waals surface area contributed by atoms with Gasteiger partial charge in [-0.15, -0.1) is 11.8 Å². The van der Waals surface area contributed by atoms with E-state index in [1.165, 1.54) is 18.0 Å². The van der Waals surface area contributed by atoms with Crippen LogP contribution >= 0.6 is 11.8 Å². The maximum absolute atomic E-state index is 11.9. The zero-order chi connectivity index (χ0) is 14.5. The van der Waals surface area contributed by atoms with Gasteiger partial charge in [0.1, 0.15) is 5.60 Å². The fraction of sp³-hybridized carbons (Fsp3) is 0.462. The van der Waals surface area contributed by atoms with E-state index in [-0.39, 0.29) is 12.3 Å². The van der Waals surface area contributed by atoms with Gasteiger partial charge in [0.05, 0.1) is 6.54 Å². The minimum atomic E-state index is -0.602. The first-order valence-corrected chi connectivity index (χ1v) is 7.03. The van der Waals surface area contributed by atoms with Gasteiger partial charge in [-0.05, 0) is 33.1 Å². The molecular formula is C13H18N2O3S. The van der Waals surface area contributed by atoms with Gasteiger partial charge in [-0.1, -0.05) is 0 Å². The number of pyridine rings is 1. The second-order valence-corrected chi connectivity index (χ2v) is 5.77. The summed E-state index contributed by atoms with van der Waals surface area (Å²) >= 11 is 1.51. The van der Waals surface area contributed by atoms with Crippen LogP contribution in [0.5, 0.6) is 0 Å². The first-order chi connectivity index (χ1) is 8.81. The highest BCUT2D eigenvalue weighted by Gasteiger charge is 2.17. The van der Waals surface area contributed by atoms with Crippen molar-refractivity contribution in [2.45, 2.75) is 31.3 Å². The van der Waals surface area contributed by atoms with Crippen LogP contribution in [0, 0.1) is 0 Å². The van der Waals surface area contributed by atoms with Crippen molar-refractivity contribution in [3.05, 3.63) is 24.0 Å². The number of alkyl carbamates (subject to hydrolysis) is 1. The third-order valence-electron chi connectivity index (χ3n) is 2.06. The molecule has 0 aliphatic heterocycles. The normalized spacial score (nSPS) is 10.9. The number of nitrogens with one attached hydrogen (secondary N) is 1. The number of carbonyl (C=O) groups excluding carboxylic acids is 2. The van der Waals surface area contributed by atoms with Crippen LogP contribution in [0.15, 0.2) is 23.4 Å².